The van der Waals surface area contributed by atoms with Gasteiger partial charge in [-0.1, -0.05) is 0 Å². The highest BCUT2D eigenvalue weighted by molar-refractivity contribution is 5.78. The molecule has 2 fully saturated rings. The minimum absolute atomic E-state index is 0.0345. The van der Waals surface area contributed by atoms with Crippen LogP contribution < -0.4 is 10.6 Å². The number of carbonyl (C=O) groups is 1. The second-order valence-electron chi connectivity index (χ2n) is 9.41. The molecule has 11 heteroatoms. The third kappa shape index (κ3) is 3.26. The Bertz CT molecular complexity index is 1040. The molecule has 3 aliphatic rings. The summed E-state index contributed by atoms with van der Waals surface area (Å²) < 4.78 is 14.3. The van der Waals surface area contributed by atoms with Crippen LogP contribution in [0.3, 0.4) is 0 Å². The number of aromatic nitrogens is 4. The molecule has 0 bridgehead atoms. The highest BCUT2D eigenvalue weighted by atomic mass is 19.1. The number of fused-ring (bicyclic) bond motifs is 2. The van der Waals surface area contributed by atoms with Crippen LogP contribution in [0.2, 0.25) is 0 Å². The summed E-state index contributed by atoms with van der Waals surface area (Å²) in [5.74, 6) is 0.233. The molecule has 0 aliphatic carbocycles. The lowest BCUT2D eigenvalue weighted by Crippen LogP contribution is -2.60. The van der Waals surface area contributed by atoms with Crippen molar-refractivity contribution in [2.75, 3.05) is 37.3 Å². The number of hydrogen-bond donors (Lipinski definition) is 3. The van der Waals surface area contributed by atoms with Gasteiger partial charge >= 0.3 is 6.03 Å². The summed E-state index contributed by atoms with van der Waals surface area (Å²) in [5.41, 5.74) is 1.13. The van der Waals surface area contributed by atoms with Gasteiger partial charge in [-0.3, -0.25) is 10.00 Å². The van der Waals surface area contributed by atoms with Crippen LogP contribution in [0.1, 0.15) is 44.9 Å². The molecule has 172 valence electrons. The zero-order valence-corrected chi connectivity index (χ0v) is 18.9. The van der Waals surface area contributed by atoms with Gasteiger partial charge in [-0.05, 0) is 40.2 Å². The van der Waals surface area contributed by atoms with Crippen molar-refractivity contribution in [3.63, 3.8) is 0 Å². The molecule has 5 rings (SSSR count). The van der Waals surface area contributed by atoms with Crippen LogP contribution in [-0.2, 0) is 12.1 Å². The van der Waals surface area contributed by atoms with Crippen molar-refractivity contribution >= 4 is 23.6 Å². The molecule has 10 nitrogen and oxygen atoms in total. The fourth-order valence-corrected chi connectivity index (χ4v) is 5.22. The van der Waals surface area contributed by atoms with Crippen molar-refractivity contribution in [1.82, 2.24) is 34.9 Å². The van der Waals surface area contributed by atoms with E-state index in [9.17, 15) is 9.18 Å². The van der Waals surface area contributed by atoms with Gasteiger partial charge in [0.25, 0.3) is 0 Å². The summed E-state index contributed by atoms with van der Waals surface area (Å²) >= 11 is 0. The maximum Gasteiger partial charge on any atom is 0.321 e. The molecule has 2 saturated heterocycles. The Morgan fingerprint density at radius 2 is 2.12 bits per heavy atom. The molecule has 2 aromatic heterocycles. The topological polar surface area (TPSA) is 105 Å². The summed E-state index contributed by atoms with van der Waals surface area (Å²) in [7, 11) is 1.67. The predicted octanol–water partition coefficient (Wildman–Crippen LogP) is 2.46. The first kappa shape index (κ1) is 20.9. The minimum atomic E-state index is -0.575. The number of carbonyl (C=O) groups excluding carboxylic acids is 1. The number of halogens is 1. The molecule has 32 heavy (non-hydrogen) atoms. The fraction of sp³-hybridized carbons (Fsp3) is 0.619. The van der Waals surface area contributed by atoms with Crippen molar-refractivity contribution < 1.29 is 9.18 Å². The van der Waals surface area contributed by atoms with Gasteiger partial charge in [-0.2, -0.15) is 10.1 Å². The zero-order valence-electron chi connectivity index (χ0n) is 18.9. The van der Waals surface area contributed by atoms with E-state index >= 15 is 0 Å². The molecule has 2 atom stereocenters. The van der Waals surface area contributed by atoms with Crippen LogP contribution in [0, 0.1) is 5.82 Å². The van der Waals surface area contributed by atoms with Crippen LogP contribution in [0.15, 0.2) is 6.20 Å². The molecule has 0 saturated carbocycles. The molecular formula is C21H30FN9O. The van der Waals surface area contributed by atoms with Gasteiger partial charge in [0, 0.05) is 37.8 Å². The average molecular weight is 444 g/mol. The molecule has 3 aliphatic heterocycles. The summed E-state index contributed by atoms with van der Waals surface area (Å²) in [6.07, 6.45) is 3.46. The van der Waals surface area contributed by atoms with E-state index in [4.69, 9.17) is 0 Å². The SMILES string of the molecule is CNc1ncc(F)c(Nc2n[nH]c3c2CN(C(=O)N2C[C@@H]4CCCN4C[C@@H]2C)C3(C)C)n1. The Morgan fingerprint density at radius 3 is 2.91 bits per heavy atom. The van der Waals surface area contributed by atoms with Crippen LogP contribution >= 0.6 is 0 Å². The highest BCUT2D eigenvalue weighted by Gasteiger charge is 2.47. The Morgan fingerprint density at radius 1 is 1.31 bits per heavy atom. The minimum Gasteiger partial charge on any atom is -0.357 e. The van der Waals surface area contributed by atoms with Gasteiger partial charge in [-0.25, -0.2) is 14.2 Å². The van der Waals surface area contributed by atoms with Crippen molar-refractivity contribution in [3.05, 3.63) is 23.3 Å². The van der Waals surface area contributed by atoms with E-state index in [2.05, 4.69) is 42.6 Å². The lowest BCUT2D eigenvalue weighted by molar-refractivity contribution is 0.0454. The van der Waals surface area contributed by atoms with Gasteiger partial charge in [0.2, 0.25) is 5.95 Å². The number of aromatic amines is 1. The van der Waals surface area contributed by atoms with Crippen LogP contribution in [0.4, 0.5) is 26.8 Å². The molecule has 0 radical (unpaired) electrons. The first-order valence-corrected chi connectivity index (χ1v) is 11.2. The summed E-state index contributed by atoms with van der Waals surface area (Å²) in [5, 5.41) is 13.2. The number of amides is 2. The van der Waals surface area contributed by atoms with E-state index in [1.807, 2.05) is 23.6 Å². The summed E-state index contributed by atoms with van der Waals surface area (Å²) in [6.45, 7) is 9.36. The van der Waals surface area contributed by atoms with Crippen molar-refractivity contribution in [2.45, 2.75) is 57.8 Å². The van der Waals surface area contributed by atoms with Crippen molar-refractivity contribution in [2.24, 2.45) is 0 Å². The van der Waals surface area contributed by atoms with E-state index in [-0.39, 0.29) is 17.9 Å². The maximum absolute atomic E-state index is 14.3. The van der Waals surface area contributed by atoms with Crippen molar-refractivity contribution in [3.8, 4) is 0 Å². The molecule has 3 N–H and O–H groups in total. The summed E-state index contributed by atoms with van der Waals surface area (Å²) in [4.78, 5) is 28.1. The number of anilines is 3. The zero-order chi connectivity index (χ0) is 22.6. The number of rotatable bonds is 3. The number of hydrogen-bond acceptors (Lipinski definition) is 7. The van der Waals surface area contributed by atoms with Crippen LogP contribution in [0.25, 0.3) is 0 Å². The number of piperazine rings is 1. The quantitative estimate of drug-likeness (QED) is 0.669. The van der Waals surface area contributed by atoms with Crippen LogP contribution in [0.5, 0.6) is 0 Å². The number of H-pyrrole nitrogens is 1. The van der Waals surface area contributed by atoms with E-state index in [0.29, 0.717) is 24.4 Å². The Kier molecular flexibility index (Phi) is 4.95. The normalized spacial score (nSPS) is 24.4. The Balaban J connectivity index is 1.38. The number of urea groups is 1. The second-order valence-corrected chi connectivity index (χ2v) is 9.41. The molecule has 2 aromatic rings. The maximum atomic E-state index is 14.3. The molecule has 2 amide bonds. The molecule has 0 unspecified atom stereocenters. The Hall–Kier alpha value is -2.95. The number of nitrogens with one attached hydrogen (secondary N) is 3. The highest BCUT2D eigenvalue weighted by Crippen LogP contribution is 2.42. The van der Waals surface area contributed by atoms with Gasteiger partial charge in [0.15, 0.2) is 17.5 Å². The second kappa shape index (κ2) is 7.58. The largest absolute Gasteiger partial charge is 0.357 e. The monoisotopic (exact) mass is 443 g/mol. The van der Waals surface area contributed by atoms with E-state index in [1.54, 1.807) is 7.05 Å². The molecule has 5 heterocycles. The smallest absolute Gasteiger partial charge is 0.321 e. The van der Waals surface area contributed by atoms with Gasteiger partial charge in [-0.15, -0.1) is 0 Å². The van der Waals surface area contributed by atoms with Gasteiger partial charge < -0.3 is 20.4 Å². The van der Waals surface area contributed by atoms with E-state index < -0.39 is 11.4 Å². The van der Waals surface area contributed by atoms with E-state index in [1.165, 1.54) is 6.42 Å². The fourth-order valence-electron chi connectivity index (χ4n) is 5.22. The molecule has 0 aromatic carbocycles. The van der Waals surface area contributed by atoms with Crippen LogP contribution in [-0.4, -0.2) is 79.7 Å². The standard InChI is InChI=1S/C21H30FN9O/c1-12-9-29-7-5-6-13(29)10-30(12)20(32)31-11-14-16(21(31,2)3)27-28-17(14)25-18-15(22)8-24-19(23-4)26-18/h8,12-13H,5-7,9-11H2,1-4H3,(H3,23,24,25,26,27,28)/t12-,13-/m0/s1. The number of nitrogens with zero attached hydrogens (tertiary/aromatic N) is 6. The lowest BCUT2D eigenvalue weighted by atomic mass is 10.0. The predicted molar refractivity (Wildman–Crippen MR) is 118 cm³/mol. The first-order chi connectivity index (χ1) is 15.3. The third-order valence-electron chi connectivity index (χ3n) is 7.09. The van der Waals surface area contributed by atoms with Crippen molar-refractivity contribution in [1.29, 1.82) is 0 Å². The van der Waals surface area contributed by atoms with Gasteiger partial charge in [0.1, 0.15) is 0 Å². The Labute approximate surface area is 186 Å². The molecular weight excluding hydrogens is 413 g/mol. The van der Waals surface area contributed by atoms with E-state index in [0.717, 1.165) is 43.5 Å². The van der Waals surface area contributed by atoms with Gasteiger partial charge in [0.05, 0.1) is 24.0 Å². The lowest BCUT2D eigenvalue weighted by Gasteiger charge is -2.45. The first-order valence-electron chi connectivity index (χ1n) is 11.2. The molecule has 0 spiro atoms. The summed E-state index contributed by atoms with van der Waals surface area (Å²) in [6, 6.07) is 0.660. The third-order valence-corrected chi connectivity index (χ3v) is 7.09. The average Bonchev–Trinajstić information content (AvgIpc) is 3.44.